The molecule has 0 spiro atoms. The maximum atomic E-state index is 5.89. The summed E-state index contributed by atoms with van der Waals surface area (Å²) in [6, 6.07) is 9.40. The summed E-state index contributed by atoms with van der Waals surface area (Å²) in [5.41, 5.74) is 9.02. The lowest BCUT2D eigenvalue weighted by Crippen LogP contribution is -1.91. The minimum atomic E-state index is 0.537. The molecular formula is C13H12N4O. The number of methoxy groups -OCH3 is 1. The van der Waals surface area contributed by atoms with E-state index in [0.717, 1.165) is 16.6 Å². The molecule has 3 N–H and O–H groups in total. The number of hydrogen-bond donors (Lipinski definition) is 2. The number of aromatic nitrogens is 3. The summed E-state index contributed by atoms with van der Waals surface area (Å²) in [6.07, 6.45) is 1.68. The van der Waals surface area contributed by atoms with Gasteiger partial charge in [-0.25, -0.2) is 9.97 Å². The monoisotopic (exact) mass is 240 g/mol. The van der Waals surface area contributed by atoms with Gasteiger partial charge in [0.2, 0.25) is 5.88 Å². The van der Waals surface area contributed by atoms with Crippen LogP contribution in [0.4, 0.5) is 5.69 Å². The third-order valence-electron chi connectivity index (χ3n) is 2.76. The third-order valence-corrected chi connectivity index (χ3v) is 2.76. The Morgan fingerprint density at radius 2 is 2.11 bits per heavy atom. The fourth-order valence-electron chi connectivity index (χ4n) is 1.92. The number of para-hydroxylation sites is 1. The maximum Gasteiger partial charge on any atom is 0.224 e. The minimum Gasteiger partial charge on any atom is -0.480 e. The molecule has 3 aromatic rings. The molecule has 2 heterocycles. The maximum absolute atomic E-state index is 5.89. The SMILES string of the molecule is COc1ncccc1-c1nc2c(N)cccc2[nH]1. The van der Waals surface area contributed by atoms with Crippen LogP contribution < -0.4 is 10.5 Å². The molecule has 0 aliphatic carbocycles. The Labute approximate surface area is 104 Å². The average Bonchev–Trinajstić information content (AvgIpc) is 2.84. The van der Waals surface area contributed by atoms with Gasteiger partial charge in [0.05, 0.1) is 23.9 Å². The van der Waals surface area contributed by atoms with Crippen molar-refractivity contribution < 1.29 is 4.74 Å². The minimum absolute atomic E-state index is 0.537. The number of fused-ring (bicyclic) bond motifs is 1. The van der Waals surface area contributed by atoms with Crippen LogP contribution in [0.1, 0.15) is 0 Å². The molecule has 0 bridgehead atoms. The van der Waals surface area contributed by atoms with Crippen molar-refractivity contribution in [3.8, 4) is 17.3 Å². The van der Waals surface area contributed by atoms with E-state index in [0.29, 0.717) is 17.4 Å². The number of nitrogen functional groups attached to an aromatic ring is 1. The van der Waals surface area contributed by atoms with Crippen molar-refractivity contribution in [2.45, 2.75) is 0 Å². The summed E-state index contributed by atoms with van der Waals surface area (Å²) in [7, 11) is 1.59. The van der Waals surface area contributed by atoms with E-state index in [1.807, 2.05) is 30.3 Å². The van der Waals surface area contributed by atoms with Crippen molar-refractivity contribution in [2.24, 2.45) is 0 Å². The van der Waals surface area contributed by atoms with Gasteiger partial charge >= 0.3 is 0 Å². The predicted octanol–water partition coefficient (Wildman–Crippen LogP) is 2.22. The second-order valence-electron chi connectivity index (χ2n) is 3.89. The molecule has 5 heteroatoms. The number of anilines is 1. The zero-order valence-electron chi connectivity index (χ0n) is 9.84. The van der Waals surface area contributed by atoms with Crippen LogP contribution in [0.5, 0.6) is 5.88 Å². The number of hydrogen-bond acceptors (Lipinski definition) is 4. The van der Waals surface area contributed by atoms with Crippen LogP contribution in [0.2, 0.25) is 0 Å². The first-order chi connectivity index (χ1) is 8.79. The van der Waals surface area contributed by atoms with Gasteiger partial charge in [-0.05, 0) is 24.3 Å². The average molecular weight is 240 g/mol. The molecule has 0 atom stereocenters. The lowest BCUT2D eigenvalue weighted by molar-refractivity contribution is 0.399. The summed E-state index contributed by atoms with van der Waals surface area (Å²) in [4.78, 5) is 11.9. The number of benzene rings is 1. The van der Waals surface area contributed by atoms with Gasteiger partial charge in [-0.15, -0.1) is 0 Å². The molecule has 3 rings (SSSR count). The zero-order chi connectivity index (χ0) is 12.5. The molecule has 2 aromatic heterocycles. The second kappa shape index (κ2) is 4.03. The van der Waals surface area contributed by atoms with Crippen molar-refractivity contribution in [3.05, 3.63) is 36.5 Å². The molecule has 0 radical (unpaired) electrons. The highest BCUT2D eigenvalue weighted by Gasteiger charge is 2.11. The second-order valence-corrected chi connectivity index (χ2v) is 3.89. The molecule has 0 amide bonds. The Bertz CT molecular complexity index is 705. The van der Waals surface area contributed by atoms with Crippen molar-refractivity contribution in [1.29, 1.82) is 0 Å². The van der Waals surface area contributed by atoms with Gasteiger partial charge in [-0.1, -0.05) is 6.07 Å². The number of imidazole rings is 1. The van der Waals surface area contributed by atoms with E-state index in [9.17, 15) is 0 Å². The Balaban J connectivity index is 2.23. The van der Waals surface area contributed by atoms with E-state index in [1.54, 1.807) is 13.3 Å². The van der Waals surface area contributed by atoms with Gasteiger partial charge in [0.1, 0.15) is 11.3 Å². The molecule has 0 saturated heterocycles. The van der Waals surface area contributed by atoms with Gasteiger partial charge in [-0.3, -0.25) is 0 Å². The Morgan fingerprint density at radius 1 is 1.22 bits per heavy atom. The van der Waals surface area contributed by atoms with Crippen molar-refractivity contribution in [3.63, 3.8) is 0 Å². The standard InChI is InChI=1S/C13H12N4O/c1-18-13-8(4-3-7-15-13)12-16-10-6-2-5-9(14)11(10)17-12/h2-7H,14H2,1H3,(H,16,17). The summed E-state index contributed by atoms with van der Waals surface area (Å²) in [5, 5.41) is 0. The molecule has 0 aliphatic heterocycles. The van der Waals surface area contributed by atoms with E-state index >= 15 is 0 Å². The lowest BCUT2D eigenvalue weighted by atomic mass is 10.2. The molecule has 0 fully saturated rings. The van der Waals surface area contributed by atoms with E-state index in [1.165, 1.54) is 0 Å². The smallest absolute Gasteiger partial charge is 0.224 e. The number of H-pyrrole nitrogens is 1. The van der Waals surface area contributed by atoms with E-state index < -0.39 is 0 Å². The van der Waals surface area contributed by atoms with Crippen LogP contribution in [0.15, 0.2) is 36.5 Å². The fourth-order valence-corrected chi connectivity index (χ4v) is 1.92. The van der Waals surface area contributed by atoms with E-state index in [2.05, 4.69) is 15.0 Å². The molecule has 0 aliphatic rings. The topological polar surface area (TPSA) is 76.8 Å². The largest absolute Gasteiger partial charge is 0.480 e. The highest BCUT2D eigenvalue weighted by atomic mass is 16.5. The van der Waals surface area contributed by atoms with Gasteiger partial charge in [0.25, 0.3) is 0 Å². The van der Waals surface area contributed by atoms with Crippen LogP contribution in [0.3, 0.4) is 0 Å². The molecule has 0 saturated carbocycles. The van der Waals surface area contributed by atoms with Crippen LogP contribution >= 0.6 is 0 Å². The van der Waals surface area contributed by atoms with Gasteiger partial charge in [0.15, 0.2) is 0 Å². The first kappa shape index (κ1) is 10.6. The number of ether oxygens (including phenoxy) is 1. The van der Waals surface area contributed by atoms with Crippen LogP contribution in [-0.4, -0.2) is 22.1 Å². The Morgan fingerprint density at radius 3 is 2.89 bits per heavy atom. The van der Waals surface area contributed by atoms with Crippen molar-refractivity contribution in [2.75, 3.05) is 12.8 Å². The summed E-state index contributed by atoms with van der Waals surface area (Å²) < 4.78 is 5.22. The van der Waals surface area contributed by atoms with Crippen molar-refractivity contribution >= 4 is 16.7 Å². The van der Waals surface area contributed by atoms with Gasteiger partial charge in [-0.2, -0.15) is 0 Å². The molecule has 0 unspecified atom stereocenters. The summed E-state index contributed by atoms with van der Waals surface area (Å²) >= 11 is 0. The number of aromatic amines is 1. The number of nitrogens with one attached hydrogen (secondary N) is 1. The normalized spacial score (nSPS) is 10.7. The lowest BCUT2D eigenvalue weighted by Gasteiger charge is -2.03. The Kier molecular flexibility index (Phi) is 2.37. The molecule has 18 heavy (non-hydrogen) atoms. The highest BCUT2D eigenvalue weighted by molar-refractivity contribution is 5.89. The Hall–Kier alpha value is -2.56. The number of rotatable bonds is 2. The molecular weight excluding hydrogens is 228 g/mol. The van der Waals surface area contributed by atoms with Crippen LogP contribution in [0.25, 0.3) is 22.4 Å². The summed E-state index contributed by atoms with van der Waals surface area (Å²) in [5.74, 6) is 1.24. The van der Waals surface area contributed by atoms with Crippen molar-refractivity contribution in [1.82, 2.24) is 15.0 Å². The molecule has 90 valence electrons. The quantitative estimate of drug-likeness (QED) is 0.673. The molecule has 5 nitrogen and oxygen atoms in total. The number of nitrogens with zero attached hydrogens (tertiary/aromatic N) is 2. The zero-order valence-corrected chi connectivity index (χ0v) is 9.84. The van der Waals surface area contributed by atoms with E-state index in [-0.39, 0.29) is 0 Å². The highest BCUT2D eigenvalue weighted by Crippen LogP contribution is 2.28. The first-order valence-electron chi connectivity index (χ1n) is 5.53. The first-order valence-corrected chi connectivity index (χ1v) is 5.53. The van der Waals surface area contributed by atoms with Gasteiger partial charge in [0, 0.05) is 6.20 Å². The van der Waals surface area contributed by atoms with E-state index in [4.69, 9.17) is 10.5 Å². The fraction of sp³-hybridized carbons (Fsp3) is 0.0769. The van der Waals surface area contributed by atoms with Crippen LogP contribution in [-0.2, 0) is 0 Å². The van der Waals surface area contributed by atoms with Gasteiger partial charge < -0.3 is 15.5 Å². The number of nitrogens with two attached hydrogens (primary N) is 1. The molecule has 1 aromatic carbocycles. The van der Waals surface area contributed by atoms with Crippen LogP contribution in [0, 0.1) is 0 Å². The number of pyridine rings is 1. The summed E-state index contributed by atoms with van der Waals surface area (Å²) in [6.45, 7) is 0. The predicted molar refractivity (Wildman–Crippen MR) is 70.3 cm³/mol. The third kappa shape index (κ3) is 1.57.